The Labute approximate surface area is 108 Å². The number of rotatable bonds is 1. The molecule has 0 aliphatic carbocycles. The first kappa shape index (κ1) is 16.0. The number of aliphatic hydroxyl groups excluding tert-OH is 1. The van der Waals surface area contributed by atoms with E-state index < -0.39 is 0 Å². The smallest absolute Gasteiger partial charge is 0.125 e. The van der Waals surface area contributed by atoms with Crippen molar-refractivity contribution in [2.24, 2.45) is 4.99 Å². The molecule has 1 aliphatic heterocycles. The van der Waals surface area contributed by atoms with Crippen LogP contribution in [0.3, 0.4) is 0 Å². The normalized spacial score (nSPS) is 17.2. The summed E-state index contributed by atoms with van der Waals surface area (Å²) in [5, 5.41) is 18.1. The van der Waals surface area contributed by atoms with Crippen LogP contribution in [0.15, 0.2) is 29.3 Å². The second-order valence-corrected chi connectivity index (χ2v) is 4.52. The van der Waals surface area contributed by atoms with E-state index in [1.165, 1.54) is 0 Å². The molecule has 0 amide bonds. The van der Waals surface area contributed by atoms with E-state index in [1.54, 1.807) is 17.8 Å². The van der Waals surface area contributed by atoms with E-state index in [0.717, 1.165) is 24.3 Å². The Kier molecular flexibility index (Phi) is 8.54. The Bertz CT molecular complexity index is 353. The number of hydrogen-bond acceptors (Lipinski definition) is 4. The van der Waals surface area contributed by atoms with Gasteiger partial charge in [-0.15, -0.1) is 11.8 Å². The van der Waals surface area contributed by atoms with Gasteiger partial charge in [-0.2, -0.15) is 0 Å². The summed E-state index contributed by atoms with van der Waals surface area (Å²) < 4.78 is 0. The third-order valence-corrected chi connectivity index (χ3v) is 3.06. The maximum Gasteiger partial charge on any atom is 0.125 e. The summed E-state index contributed by atoms with van der Waals surface area (Å²) in [6, 6.07) is 7.34. The SMILES string of the molecule is CC.CC1CN=C(c2ccccc2O)S1.CO. The first-order valence-corrected chi connectivity index (χ1v) is 6.59. The minimum absolute atomic E-state index is 0.322. The molecule has 0 saturated carbocycles. The number of aliphatic imine (C=N–C) groups is 1. The fourth-order valence-electron chi connectivity index (χ4n) is 1.28. The van der Waals surface area contributed by atoms with Crippen LogP contribution >= 0.6 is 11.8 Å². The van der Waals surface area contributed by atoms with Crippen LogP contribution in [0.2, 0.25) is 0 Å². The number of phenols is 1. The summed E-state index contributed by atoms with van der Waals surface area (Å²) in [4.78, 5) is 4.37. The number of nitrogens with zero attached hydrogens (tertiary/aromatic N) is 1. The van der Waals surface area contributed by atoms with Gasteiger partial charge in [-0.25, -0.2) is 0 Å². The molecule has 1 atom stereocenters. The van der Waals surface area contributed by atoms with E-state index >= 15 is 0 Å². The molecule has 0 bridgehead atoms. The van der Waals surface area contributed by atoms with Crippen LogP contribution in [0.1, 0.15) is 26.3 Å². The third kappa shape index (κ3) is 4.79. The Balaban J connectivity index is 0.000000581. The molecule has 1 heterocycles. The minimum Gasteiger partial charge on any atom is -0.507 e. The first-order valence-electron chi connectivity index (χ1n) is 5.71. The topological polar surface area (TPSA) is 52.8 Å². The molecular weight excluding hydrogens is 234 g/mol. The monoisotopic (exact) mass is 255 g/mol. The number of benzene rings is 1. The van der Waals surface area contributed by atoms with Gasteiger partial charge in [-0.3, -0.25) is 4.99 Å². The lowest BCUT2D eigenvalue weighted by atomic mass is 10.2. The quantitative estimate of drug-likeness (QED) is 0.811. The van der Waals surface area contributed by atoms with Gasteiger partial charge in [0.15, 0.2) is 0 Å². The maximum atomic E-state index is 9.56. The highest BCUT2D eigenvalue weighted by Gasteiger charge is 2.18. The molecular formula is C13H21NO2S. The zero-order valence-electron chi connectivity index (χ0n) is 10.8. The molecule has 3 nitrogen and oxygen atoms in total. The van der Waals surface area contributed by atoms with E-state index in [9.17, 15) is 5.11 Å². The maximum absolute atomic E-state index is 9.56. The van der Waals surface area contributed by atoms with Crippen molar-refractivity contribution in [1.82, 2.24) is 0 Å². The van der Waals surface area contributed by atoms with E-state index in [1.807, 2.05) is 32.0 Å². The molecule has 1 aromatic carbocycles. The zero-order valence-corrected chi connectivity index (χ0v) is 11.7. The summed E-state index contributed by atoms with van der Waals surface area (Å²) in [6.45, 7) is 7.00. The number of phenolic OH excluding ortho intramolecular Hbond substituents is 1. The fraction of sp³-hybridized carbons (Fsp3) is 0.462. The first-order chi connectivity index (χ1) is 8.27. The molecule has 1 aromatic rings. The number of para-hydroxylation sites is 1. The molecule has 0 fully saturated rings. The van der Waals surface area contributed by atoms with Crippen LogP contribution in [0.25, 0.3) is 0 Å². The van der Waals surface area contributed by atoms with Gasteiger partial charge in [0.25, 0.3) is 0 Å². The highest BCUT2D eigenvalue weighted by atomic mass is 32.2. The van der Waals surface area contributed by atoms with Crippen molar-refractivity contribution >= 4 is 16.8 Å². The molecule has 0 spiro atoms. The lowest BCUT2D eigenvalue weighted by Crippen LogP contribution is -1.95. The predicted octanol–water partition coefficient (Wildman–Crippen LogP) is 2.91. The van der Waals surface area contributed by atoms with Gasteiger partial charge >= 0.3 is 0 Å². The van der Waals surface area contributed by atoms with Crippen molar-refractivity contribution in [3.05, 3.63) is 29.8 Å². The molecule has 96 valence electrons. The summed E-state index contributed by atoms with van der Waals surface area (Å²) in [7, 11) is 1.00. The van der Waals surface area contributed by atoms with Crippen LogP contribution in [0.4, 0.5) is 0 Å². The second-order valence-electron chi connectivity index (χ2n) is 3.09. The van der Waals surface area contributed by atoms with Crippen molar-refractivity contribution in [3.63, 3.8) is 0 Å². The number of aliphatic hydroxyl groups is 1. The van der Waals surface area contributed by atoms with Gasteiger partial charge in [0.1, 0.15) is 10.8 Å². The van der Waals surface area contributed by atoms with Gasteiger partial charge in [-0.1, -0.05) is 32.9 Å². The molecule has 17 heavy (non-hydrogen) atoms. The van der Waals surface area contributed by atoms with Crippen LogP contribution in [-0.4, -0.2) is 34.2 Å². The summed E-state index contributed by atoms with van der Waals surface area (Å²) in [5.74, 6) is 0.322. The minimum atomic E-state index is 0.322. The van der Waals surface area contributed by atoms with E-state index in [4.69, 9.17) is 5.11 Å². The van der Waals surface area contributed by atoms with Crippen molar-refractivity contribution < 1.29 is 10.2 Å². The number of thioether (sulfide) groups is 1. The standard InChI is InChI=1S/C10H11NOS.C2H6.CH4O/c1-7-6-11-10(13-7)8-4-2-3-5-9(8)12;2*1-2/h2-5,7,12H,6H2,1H3;1-2H3;2H,1H3. The lowest BCUT2D eigenvalue weighted by molar-refractivity contribution is 0.399. The van der Waals surface area contributed by atoms with Gasteiger partial charge in [0.2, 0.25) is 0 Å². The van der Waals surface area contributed by atoms with Gasteiger partial charge in [0, 0.05) is 17.9 Å². The summed E-state index contributed by atoms with van der Waals surface area (Å²) in [6.07, 6.45) is 0. The fourth-order valence-corrected chi connectivity index (χ4v) is 2.26. The average Bonchev–Trinajstić information content (AvgIpc) is 2.81. The number of aromatic hydroxyl groups is 1. The second kappa shape index (κ2) is 9.07. The van der Waals surface area contributed by atoms with Crippen LogP contribution in [0, 0.1) is 0 Å². The van der Waals surface area contributed by atoms with Crippen molar-refractivity contribution in [2.75, 3.05) is 13.7 Å². The highest BCUT2D eigenvalue weighted by Crippen LogP contribution is 2.29. The molecule has 0 aromatic heterocycles. The van der Waals surface area contributed by atoms with Crippen LogP contribution in [-0.2, 0) is 0 Å². The zero-order chi connectivity index (χ0) is 13.3. The van der Waals surface area contributed by atoms with E-state index in [0.29, 0.717) is 11.0 Å². The van der Waals surface area contributed by atoms with E-state index in [-0.39, 0.29) is 0 Å². The highest BCUT2D eigenvalue weighted by molar-refractivity contribution is 8.15. The van der Waals surface area contributed by atoms with Gasteiger partial charge < -0.3 is 10.2 Å². The molecule has 2 N–H and O–H groups in total. The van der Waals surface area contributed by atoms with E-state index in [2.05, 4.69) is 11.9 Å². The molecule has 4 heteroatoms. The molecule has 1 aliphatic rings. The Morgan fingerprint density at radius 1 is 1.24 bits per heavy atom. The largest absolute Gasteiger partial charge is 0.507 e. The molecule has 0 saturated heterocycles. The molecule has 0 radical (unpaired) electrons. The summed E-state index contributed by atoms with van der Waals surface area (Å²) in [5.41, 5.74) is 0.858. The van der Waals surface area contributed by atoms with Gasteiger partial charge in [0.05, 0.1) is 6.54 Å². The Hall–Kier alpha value is -1.00. The van der Waals surface area contributed by atoms with Gasteiger partial charge in [-0.05, 0) is 12.1 Å². The van der Waals surface area contributed by atoms with Crippen molar-refractivity contribution in [3.8, 4) is 5.75 Å². The van der Waals surface area contributed by atoms with Crippen LogP contribution in [0.5, 0.6) is 5.75 Å². The van der Waals surface area contributed by atoms with Crippen molar-refractivity contribution in [2.45, 2.75) is 26.0 Å². The number of hydrogen-bond donors (Lipinski definition) is 2. The lowest BCUT2D eigenvalue weighted by Gasteiger charge is -2.03. The third-order valence-electron chi connectivity index (χ3n) is 1.94. The van der Waals surface area contributed by atoms with Crippen molar-refractivity contribution in [1.29, 1.82) is 0 Å². The predicted molar refractivity (Wildman–Crippen MR) is 76.1 cm³/mol. The van der Waals surface area contributed by atoms with Crippen LogP contribution < -0.4 is 0 Å². The Morgan fingerprint density at radius 3 is 2.29 bits per heavy atom. The Morgan fingerprint density at radius 2 is 1.82 bits per heavy atom. The summed E-state index contributed by atoms with van der Waals surface area (Å²) >= 11 is 1.72. The molecule has 2 rings (SSSR count). The average molecular weight is 255 g/mol. The molecule has 1 unspecified atom stereocenters.